The van der Waals surface area contributed by atoms with Crippen molar-refractivity contribution in [2.45, 2.75) is 6.42 Å². The van der Waals surface area contributed by atoms with Gasteiger partial charge in [0, 0.05) is 24.2 Å². The van der Waals surface area contributed by atoms with Crippen LogP contribution in [0.1, 0.15) is 16.9 Å². The van der Waals surface area contributed by atoms with Crippen LogP contribution in [-0.2, 0) is 0 Å². The highest BCUT2D eigenvalue weighted by atomic mass is 16.1. The molecule has 1 aliphatic heterocycles. The Morgan fingerprint density at radius 3 is 3.20 bits per heavy atom. The molecule has 1 fully saturated rings. The van der Waals surface area contributed by atoms with Gasteiger partial charge in [-0.25, -0.2) is 0 Å². The number of H-pyrrole nitrogens is 1. The zero-order valence-electron chi connectivity index (χ0n) is 11.5. The molecule has 6 nitrogen and oxygen atoms in total. The van der Waals surface area contributed by atoms with Gasteiger partial charge in [-0.3, -0.25) is 9.89 Å². The molecule has 1 saturated heterocycles. The molecular weight excluding hydrogens is 254 g/mol. The maximum absolute atomic E-state index is 12.2. The molecule has 0 spiro atoms. The van der Waals surface area contributed by atoms with E-state index in [1.165, 1.54) is 0 Å². The van der Waals surface area contributed by atoms with Gasteiger partial charge in [0.05, 0.1) is 5.52 Å². The molecule has 1 amide bonds. The fraction of sp³-hybridized carbons (Fsp3) is 0.429. The lowest BCUT2D eigenvalue weighted by molar-refractivity contribution is 0.0944. The third kappa shape index (κ3) is 2.46. The fourth-order valence-electron chi connectivity index (χ4n) is 2.72. The van der Waals surface area contributed by atoms with Crippen LogP contribution < -0.4 is 11.1 Å². The van der Waals surface area contributed by atoms with E-state index in [1.54, 1.807) is 12.1 Å². The van der Waals surface area contributed by atoms with Crippen LogP contribution in [0.2, 0.25) is 0 Å². The van der Waals surface area contributed by atoms with Crippen LogP contribution in [0.15, 0.2) is 18.2 Å². The standard InChI is InChI=1S/C14H19N5O/c1-19-5-4-9(8-19)7-16-14(20)13-11-6-10(15)2-3-12(11)17-18-13/h2-3,6,9H,4-5,7-8,15H2,1H3,(H,16,20)(H,17,18). The van der Waals surface area contributed by atoms with E-state index in [4.69, 9.17) is 5.73 Å². The lowest BCUT2D eigenvalue weighted by Gasteiger charge is -2.11. The Labute approximate surface area is 117 Å². The zero-order valence-corrected chi connectivity index (χ0v) is 11.5. The van der Waals surface area contributed by atoms with Gasteiger partial charge in [0.1, 0.15) is 0 Å². The first-order valence-corrected chi connectivity index (χ1v) is 6.84. The van der Waals surface area contributed by atoms with E-state index < -0.39 is 0 Å². The highest BCUT2D eigenvalue weighted by Crippen LogP contribution is 2.19. The van der Waals surface area contributed by atoms with Gasteiger partial charge in [0.15, 0.2) is 5.69 Å². The molecule has 1 aromatic heterocycles. The topological polar surface area (TPSA) is 87.0 Å². The Bertz CT molecular complexity index is 636. The van der Waals surface area contributed by atoms with Crippen molar-refractivity contribution < 1.29 is 4.79 Å². The first kappa shape index (κ1) is 12.9. The number of hydrogen-bond acceptors (Lipinski definition) is 4. The van der Waals surface area contributed by atoms with Gasteiger partial charge in [-0.1, -0.05) is 0 Å². The number of rotatable bonds is 3. The molecule has 1 aliphatic rings. The molecule has 1 unspecified atom stereocenters. The second-order valence-electron chi connectivity index (χ2n) is 5.50. The monoisotopic (exact) mass is 273 g/mol. The third-order valence-electron chi connectivity index (χ3n) is 3.84. The van der Waals surface area contributed by atoms with Gasteiger partial charge in [0.25, 0.3) is 5.91 Å². The molecule has 1 atom stereocenters. The quantitative estimate of drug-likeness (QED) is 0.723. The van der Waals surface area contributed by atoms with Crippen molar-refractivity contribution in [3.8, 4) is 0 Å². The van der Waals surface area contributed by atoms with Gasteiger partial charge in [-0.2, -0.15) is 5.10 Å². The predicted molar refractivity (Wildman–Crippen MR) is 78.4 cm³/mol. The van der Waals surface area contributed by atoms with E-state index in [-0.39, 0.29) is 5.91 Å². The number of carbonyl (C=O) groups is 1. The van der Waals surface area contributed by atoms with Gasteiger partial charge >= 0.3 is 0 Å². The summed E-state index contributed by atoms with van der Waals surface area (Å²) in [7, 11) is 2.10. The van der Waals surface area contributed by atoms with Gasteiger partial charge < -0.3 is 16.0 Å². The van der Waals surface area contributed by atoms with Crippen LogP contribution in [0.3, 0.4) is 0 Å². The summed E-state index contributed by atoms with van der Waals surface area (Å²) in [5, 5.41) is 10.7. The minimum absolute atomic E-state index is 0.142. The van der Waals surface area contributed by atoms with Gasteiger partial charge in [0.2, 0.25) is 0 Å². The highest BCUT2D eigenvalue weighted by molar-refractivity contribution is 6.05. The Kier molecular flexibility index (Phi) is 3.31. The maximum Gasteiger partial charge on any atom is 0.272 e. The number of nitrogens with zero attached hydrogens (tertiary/aromatic N) is 2. The average molecular weight is 273 g/mol. The second kappa shape index (κ2) is 5.13. The molecule has 20 heavy (non-hydrogen) atoms. The summed E-state index contributed by atoms with van der Waals surface area (Å²) < 4.78 is 0. The Morgan fingerprint density at radius 1 is 1.60 bits per heavy atom. The Balaban J connectivity index is 1.71. The number of nitrogens with one attached hydrogen (secondary N) is 2. The number of aromatic amines is 1. The van der Waals surface area contributed by atoms with Crippen LogP contribution in [-0.4, -0.2) is 47.7 Å². The van der Waals surface area contributed by atoms with E-state index in [0.29, 0.717) is 23.8 Å². The molecule has 0 saturated carbocycles. The van der Waals surface area contributed by atoms with Crippen molar-refractivity contribution in [3.63, 3.8) is 0 Å². The molecule has 0 bridgehead atoms. The van der Waals surface area contributed by atoms with E-state index >= 15 is 0 Å². The Hall–Kier alpha value is -2.08. The van der Waals surface area contributed by atoms with Crippen LogP contribution >= 0.6 is 0 Å². The summed E-state index contributed by atoms with van der Waals surface area (Å²) in [5.74, 6) is 0.385. The molecular formula is C14H19N5O. The van der Waals surface area contributed by atoms with Crippen molar-refractivity contribution in [3.05, 3.63) is 23.9 Å². The lowest BCUT2D eigenvalue weighted by Crippen LogP contribution is -2.30. The number of carbonyl (C=O) groups excluding carboxylic acids is 1. The molecule has 0 radical (unpaired) electrons. The molecule has 3 rings (SSSR count). The number of fused-ring (bicyclic) bond motifs is 1. The molecule has 4 N–H and O–H groups in total. The molecule has 2 heterocycles. The van der Waals surface area contributed by atoms with Crippen LogP contribution in [0.5, 0.6) is 0 Å². The van der Waals surface area contributed by atoms with Gasteiger partial charge in [-0.05, 0) is 44.1 Å². The summed E-state index contributed by atoms with van der Waals surface area (Å²) in [6.45, 7) is 2.83. The smallest absolute Gasteiger partial charge is 0.272 e. The van der Waals surface area contributed by atoms with E-state index in [9.17, 15) is 4.79 Å². The maximum atomic E-state index is 12.2. The molecule has 6 heteroatoms. The number of likely N-dealkylation sites (tertiary alicyclic amines) is 1. The van der Waals surface area contributed by atoms with Crippen molar-refractivity contribution in [2.75, 3.05) is 32.4 Å². The first-order chi connectivity index (χ1) is 9.63. The van der Waals surface area contributed by atoms with E-state index in [1.807, 2.05) is 6.07 Å². The minimum Gasteiger partial charge on any atom is -0.399 e. The van der Waals surface area contributed by atoms with E-state index in [2.05, 4.69) is 27.5 Å². The van der Waals surface area contributed by atoms with Crippen molar-refractivity contribution >= 4 is 22.5 Å². The van der Waals surface area contributed by atoms with Crippen LogP contribution in [0, 0.1) is 5.92 Å². The average Bonchev–Trinajstić information content (AvgIpc) is 3.02. The zero-order chi connectivity index (χ0) is 14.1. The normalized spacial score (nSPS) is 19.6. The molecule has 2 aromatic rings. The van der Waals surface area contributed by atoms with E-state index in [0.717, 1.165) is 30.4 Å². The summed E-state index contributed by atoms with van der Waals surface area (Å²) in [5.41, 5.74) is 7.63. The number of aromatic nitrogens is 2. The molecule has 1 aromatic carbocycles. The van der Waals surface area contributed by atoms with Crippen LogP contribution in [0.25, 0.3) is 10.9 Å². The largest absolute Gasteiger partial charge is 0.399 e. The number of nitrogen functional groups attached to an aromatic ring is 1. The number of benzene rings is 1. The molecule has 106 valence electrons. The number of hydrogen-bond donors (Lipinski definition) is 3. The lowest BCUT2D eigenvalue weighted by atomic mass is 10.1. The molecule has 0 aliphatic carbocycles. The van der Waals surface area contributed by atoms with Crippen molar-refractivity contribution in [2.24, 2.45) is 5.92 Å². The van der Waals surface area contributed by atoms with Gasteiger partial charge in [-0.15, -0.1) is 0 Å². The second-order valence-corrected chi connectivity index (χ2v) is 5.50. The number of nitrogens with two attached hydrogens (primary N) is 1. The van der Waals surface area contributed by atoms with Crippen molar-refractivity contribution in [1.82, 2.24) is 20.4 Å². The minimum atomic E-state index is -0.142. The Morgan fingerprint density at radius 2 is 2.45 bits per heavy atom. The number of anilines is 1. The highest BCUT2D eigenvalue weighted by Gasteiger charge is 2.21. The summed E-state index contributed by atoms with van der Waals surface area (Å²) in [6, 6.07) is 5.40. The SMILES string of the molecule is CN1CCC(CNC(=O)c2n[nH]c3ccc(N)cc23)C1. The summed E-state index contributed by atoms with van der Waals surface area (Å²) in [6.07, 6.45) is 1.13. The van der Waals surface area contributed by atoms with Crippen LogP contribution in [0.4, 0.5) is 5.69 Å². The first-order valence-electron chi connectivity index (χ1n) is 6.84. The third-order valence-corrected chi connectivity index (χ3v) is 3.84. The summed E-state index contributed by atoms with van der Waals surface area (Å²) in [4.78, 5) is 14.5. The predicted octanol–water partition coefficient (Wildman–Crippen LogP) is 0.827. The fourth-order valence-corrected chi connectivity index (χ4v) is 2.72. The summed E-state index contributed by atoms with van der Waals surface area (Å²) >= 11 is 0. The van der Waals surface area contributed by atoms with Crippen molar-refractivity contribution in [1.29, 1.82) is 0 Å². The number of amides is 1.